The average Bonchev–Trinajstić information content (AvgIpc) is 2.64. The predicted octanol–water partition coefficient (Wildman–Crippen LogP) is 5.20. The Balaban J connectivity index is 0. The molecule has 0 aliphatic carbocycles. The van der Waals surface area contributed by atoms with Gasteiger partial charge in [0, 0.05) is 6.54 Å². The molecule has 0 aliphatic heterocycles. The summed E-state index contributed by atoms with van der Waals surface area (Å²) in [4.78, 5) is 11.8. The Morgan fingerprint density at radius 3 is 1.63 bits per heavy atom. The van der Waals surface area contributed by atoms with Crippen molar-refractivity contribution in [2.45, 2.75) is 122 Å². The van der Waals surface area contributed by atoms with Gasteiger partial charge in [-0.2, -0.15) is 0 Å². The van der Waals surface area contributed by atoms with Gasteiger partial charge in [0.15, 0.2) is 0 Å². The van der Waals surface area contributed by atoms with E-state index in [0.29, 0.717) is 6.54 Å². The van der Waals surface area contributed by atoms with E-state index < -0.39 is 0 Å². The Labute approximate surface area is 169 Å². The third-order valence-electron chi connectivity index (χ3n) is 5.14. The maximum absolute atomic E-state index is 11.8. The highest BCUT2D eigenvalue weighted by atomic mass is 16.2. The Bertz CT molecular complexity index is 300. The standard InChI is InChI=1S/C22H47N3O.H3N/c1-2-3-4-5-6-7-8-9-10-11-12-13-14-17-20-25-22(26)21(24)18-15-16-19-23;/h21H,2-20,23-24H2,1H3,(H,25,26);1H3/t21-;/m0./s1. The molecule has 27 heavy (non-hydrogen) atoms. The van der Waals surface area contributed by atoms with Gasteiger partial charge in [0.1, 0.15) is 0 Å². The van der Waals surface area contributed by atoms with Crippen LogP contribution in [0.15, 0.2) is 0 Å². The molecule has 0 saturated heterocycles. The number of carbonyl (C=O) groups excluding carboxylic acids is 1. The molecule has 0 aromatic carbocycles. The number of unbranched alkanes of at least 4 members (excludes halogenated alkanes) is 14. The molecule has 0 radical (unpaired) electrons. The van der Waals surface area contributed by atoms with Gasteiger partial charge >= 0.3 is 0 Å². The summed E-state index contributed by atoms with van der Waals surface area (Å²) >= 11 is 0. The van der Waals surface area contributed by atoms with E-state index in [9.17, 15) is 4.79 Å². The lowest BCUT2D eigenvalue weighted by atomic mass is 10.0. The van der Waals surface area contributed by atoms with Crippen molar-refractivity contribution in [1.29, 1.82) is 0 Å². The Hall–Kier alpha value is -0.650. The molecule has 0 rings (SSSR count). The molecule has 5 heteroatoms. The fraction of sp³-hybridized carbons (Fsp3) is 0.955. The van der Waals surface area contributed by atoms with Gasteiger partial charge in [-0.25, -0.2) is 0 Å². The summed E-state index contributed by atoms with van der Waals surface area (Å²) in [6.07, 6.45) is 21.6. The first kappa shape index (κ1) is 28.6. The highest BCUT2D eigenvalue weighted by Crippen LogP contribution is 2.12. The lowest BCUT2D eigenvalue weighted by Crippen LogP contribution is -2.40. The van der Waals surface area contributed by atoms with Crippen molar-refractivity contribution in [3.63, 3.8) is 0 Å². The topological polar surface area (TPSA) is 116 Å². The lowest BCUT2D eigenvalue weighted by Gasteiger charge is -2.11. The quantitative estimate of drug-likeness (QED) is 0.215. The van der Waals surface area contributed by atoms with Crippen LogP contribution in [-0.2, 0) is 4.79 Å². The number of nitrogens with two attached hydrogens (primary N) is 2. The predicted molar refractivity (Wildman–Crippen MR) is 119 cm³/mol. The van der Waals surface area contributed by atoms with Gasteiger partial charge in [-0.3, -0.25) is 4.79 Å². The van der Waals surface area contributed by atoms with E-state index >= 15 is 0 Å². The molecule has 0 unspecified atom stereocenters. The van der Waals surface area contributed by atoms with Crippen LogP contribution < -0.4 is 22.9 Å². The van der Waals surface area contributed by atoms with Crippen molar-refractivity contribution in [3.05, 3.63) is 0 Å². The lowest BCUT2D eigenvalue weighted by molar-refractivity contribution is -0.122. The van der Waals surface area contributed by atoms with Gasteiger partial charge in [0.05, 0.1) is 6.04 Å². The number of carbonyl (C=O) groups is 1. The van der Waals surface area contributed by atoms with Gasteiger partial charge < -0.3 is 22.9 Å². The van der Waals surface area contributed by atoms with E-state index in [0.717, 1.165) is 32.2 Å². The number of hydrogen-bond acceptors (Lipinski definition) is 4. The van der Waals surface area contributed by atoms with Crippen LogP contribution in [0.3, 0.4) is 0 Å². The molecule has 5 nitrogen and oxygen atoms in total. The van der Waals surface area contributed by atoms with Gasteiger partial charge in [0.2, 0.25) is 5.91 Å². The molecule has 0 aliphatic rings. The van der Waals surface area contributed by atoms with Crippen molar-refractivity contribution in [2.75, 3.05) is 13.1 Å². The molecule has 0 saturated carbocycles. The van der Waals surface area contributed by atoms with Crippen LogP contribution in [0.25, 0.3) is 0 Å². The van der Waals surface area contributed by atoms with Crippen molar-refractivity contribution in [1.82, 2.24) is 11.5 Å². The van der Waals surface area contributed by atoms with Crippen LogP contribution in [0.1, 0.15) is 116 Å². The minimum atomic E-state index is -0.367. The largest absolute Gasteiger partial charge is 0.355 e. The zero-order valence-corrected chi connectivity index (χ0v) is 18.3. The van der Waals surface area contributed by atoms with Gasteiger partial charge in [-0.15, -0.1) is 0 Å². The number of amides is 1. The van der Waals surface area contributed by atoms with E-state index in [1.807, 2.05) is 0 Å². The van der Waals surface area contributed by atoms with Gasteiger partial charge in [0.25, 0.3) is 0 Å². The highest BCUT2D eigenvalue weighted by molar-refractivity contribution is 5.81. The molecule has 0 heterocycles. The summed E-state index contributed by atoms with van der Waals surface area (Å²) in [6, 6.07) is -0.367. The Kier molecular flexibility index (Phi) is 24.7. The maximum Gasteiger partial charge on any atom is 0.236 e. The summed E-state index contributed by atoms with van der Waals surface area (Å²) in [6.45, 7) is 3.71. The molecule has 164 valence electrons. The molecule has 0 bridgehead atoms. The molecule has 1 atom stereocenters. The van der Waals surface area contributed by atoms with Crippen LogP contribution in [0, 0.1) is 0 Å². The fourth-order valence-electron chi connectivity index (χ4n) is 3.30. The second kappa shape index (κ2) is 23.4. The van der Waals surface area contributed by atoms with E-state index in [1.165, 1.54) is 83.5 Å². The summed E-state index contributed by atoms with van der Waals surface area (Å²) in [5.41, 5.74) is 11.3. The molecule has 0 fully saturated rings. The smallest absolute Gasteiger partial charge is 0.236 e. The second-order valence-electron chi connectivity index (χ2n) is 7.78. The highest BCUT2D eigenvalue weighted by Gasteiger charge is 2.11. The molecular formula is C22H50N4O. The zero-order chi connectivity index (χ0) is 19.3. The first-order valence-electron chi connectivity index (χ1n) is 11.5. The number of rotatable bonds is 20. The Morgan fingerprint density at radius 1 is 0.741 bits per heavy atom. The SMILES string of the molecule is CCCCCCCCCCCCCCCCNC(=O)[C@@H](N)CCCCN.N. The fourth-order valence-corrected chi connectivity index (χ4v) is 3.30. The molecule has 1 amide bonds. The van der Waals surface area contributed by atoms with Crippen LogP contribution in [0.4, 0.5) is 0 Å². The number of hydrogen-bond donors (Lipinski definition) is 4. The van der Waals surface area contributed by atoms with Crippen molar-refractivity contribution >= 4 is 5.91 Å². The normalized spacial score (nSPS) is 11.8. The van der Waals surface area contributed by atoms with Crippen LogP contribution in [0.5, 0.6) is 0 Å². The Morgan fingerprint density at radius 2 is 1.19 bits per heavy atom. The van der Waals surface area contributed by atoms with Gasteiger partial charge in [-0.05, 0) is 25.8 Å². The third kappa shape index (κ3) is 21.5. The molecule has 8 N–H and O–H groups in total. The minimum absolute atomic E-state index is 0. The van der Waals surface area contributed by atoms with Crippen LogP contribution >= 0.6 is 0 Å². The summed E-state index contributed by atoms with van der Waals surface area (Å²) in [5, 5.41) is 2.96. The average molecular weight is 387 g/mol. The monoisotopic (exact) mass is 386 g/mol. The van der Waals surface area contributed by atoms with E-state index in [4.69, 9.17) is 11.5 Å². The van der Waals surface area contributed by atoms with E-state index in [1.54, 1.807) is 0 Å². The zero-order valence-electron chi connectivity index (χ0n) is 18.3. The maximum atomic E-state index is 11.8. The first-order chi connectivity index (χ1) is 12.7. The van der Waals surface area contributed by atoms with Crippen molar-refractivity contribution in [2.24, 2.45) is 11.5 Å². The van der Waals surface area contributed by atoms with Crippen LogP contribution in [0.2, 0.25) is 0 Å². The second-order valence-corrected chi connectivity index (χ2v) is 7.78. The summed E-state index contributed by atoms with van der Waals surface area (Å²) in [5.74, 6) is -0.00304. The van der Waals surface area contributed by atoms with Crippen molar-refractivity contribution < 1.29 is 4.79 Å². The molecule has 0 aromatic rings. The van der Waals surface area contributed by atoms with Crippen molar-refractivity contribution in [3.8, 4) is 0 Å². The van der Waals surface area contributed by atoms with Gasteiger partial charge in [-0.1, -0.05) is 96.8 Å². The van der Waals surface area contributed by atoms with Crippen LogP contribution in [-0.4, -0.2) is 25.0 Å². The van der Waals surface area contributed by atoms with E-state index in [2.05, 4.69) is 12.2 Å². The number of nitrogens with one attached hydrogen (secondary N) is 1. The molecule has 0 aromatic heterocycles. The third-order valence-corrected chi connectivity index (χ3v) is 5.14. The van der Waals surface area contributed by atoms with E-state index in [-0.39, 0.29) is 18.1 Å². The molecule has 0 spiro atoms. The summed E-state index contributed by atoms with van der Waals surface area (Å²) < 4.78 is 0. The minimum Gasteiger partial charge on any atom is -0.355 e. The molecular weight excluding hydrogens is 336 g/mol. The first-order valence-corrected chi connectivity index (χ1v) is 11.5. The summed E-state index contributed by atoms with van der Waals surface area (Å²) in [7, 11) is 0.